The highest BCUT2D eigenvalue weighted by molar-refractivity contribution is 5.98. The third-order valence-electron chi connectivity index (χ3n) is 5.33. The molecule has 2 aliphatic rings. The lowest BCUT2D eigenvalue weighted by Crippen LogP contribution is -2.48. The second-order valence-corrected chi connectivity index (χ2v) is 7.60. The van der Waals surface area contributed by atoms with Gasteiger partial charge in [-0.3, -0.25) is 4.79 Å². The monoisotopic (exact) mass is 439 g/mol. The van der Waals surface area contributed by atoms with Gasteiger partial charge in [-0.05, 0) is 44.5 Å². The van der Waals surface area contributed by atoms with Crippen LogP contribution in [0, 0.1) is 11.7 Å². The summed E-state index contributed by atoms with van der Waals surface area (Å²) in [5.74, 6) is -1.36. The summed E-state index contributed by atoms with van der Waals surface area (Å²) in [6, 6.07) is 2.78. The van der Waals surface area contributed by atoms with Crippen molar-refractivity contribution in [3.63, 3.8) is 0 Å². The number of rotatable bonds is 7. The van der Waals surface area contributed by atoms with Gasteiger partial charge in [0, 0.05) is 11.5 Å². The number of carbonyl (C=O) groups excluding carboxylic acids is 1. The van der Waals surface area contributed by atoms with Gasteiger partial charge in [-0.15, -0.1) is 5.11 Å². The largest absolute Gasteiger partial charge is 0.406 e. The molecule has 0 saturated heterocycles. The van der Waals surface area contributed by atoms with Crippen molar-refractivity contribution >= 4 is 11.6 Å². The second-order valence-electron chi connectivity index (χ2n) is 7.60. The number of anilines is 1. The summed E-state index contributed by atoms with van der Waals surface area (Å²) in [7, 11) is 0. The molecule has 0 spiro atoms. The summed E-state index contributed by atoms with van der Waals surface area (Å²) in [4.78, 5) is 13.7. The summed E-state index contributed by atoms with van der Waals surface area (Å²) in [6.45, 7) is 4.15. The van der Waals surface area contributed by atoms with Crippen LogP contribution in [0.15, 0.2) is 46.2 Å². The van der Waals surface area contributed by atoms with Crippen molar-refractivity contribution in [1.82, 2.24) is 10.3 Å². The molecule has 1 N–H and O–H groups in total. The van der Waals surface area contributed by atoms with Gasteiger partial charge in [0.25, 0.3) is 5.91 Å². The van der Waals surface area contributed by atoms with Gasteiger partial charge >= 0.3 is 6.18 Å². The van der Waals surface area contributed by atoms with Crippen LogP contribution in [-0.2, 0) is 11.2 Å². The zero-order chi connectivity index (χ0) is 22.6. The van der Waals surface area contributed by atoms with Crippen molar-refractivity contribution in [3.05, 3.63) is 47.2 Å². The maximum absolute atomic E-state index is 14.3. The van der Waals surface area contributed by atoms with E-state index in [1.165, 1.54) is 29.4 Å². The Morgan fingerprint density at radius 1 is 1.35 bits per heavy atom. The number of fused-ring (bicyclic) bond motifs is 1. The SMILES string of the molecule is CCNCCC(C)C1=C=CN(C2CCc3c(F)cccc3N(CC(F)(F)F)C2=O)N=N1. The Morgan fingerprint density at radius 2 is 2.13 bits per heavy atom. The Morgan fingerprint density at radius 3 is 2.77 bits per heavy atom. The first-order chi connectivity index (χ1) is 14.7. The lowest BCUT2D eigenvalue weighted by atomic mass is 10.0. The van der Waals surface area contributed by atoms with Crippen LogP contribution in [-0.4, -0.2) is 42.8 Å². The minimum Gasteiger partial charge on any atom is -0.317 e. The molecule has 1 amide bonds. The molecule has 2 atom stereocenters. The Hall–Kier alpha value is -2.71. The number of hydrogen-bond acceptors (Lipinski definition) is 5. The molecular weight excluding hydrogens is 414 g/mol. The lowest BCUT2D eigenvalue weighted by molar-refractivity contribution is -0.135. The highest BCUT2D eigenvalue weighted by atomic mass is 19.4. The van der Waals surface area contributed by atoms with E-state index in [2.05, 4.69) is 21.4 Å². The van der Waals surface area contributed by atoms with Crippen molar-refractivity contribution in [1.29, 1.82) is 0 Å². The van der Waals surface area contributed by atoms with E-state index in [4.69, 9.17) is 0 Å². The first-order valence-corrected chi connectivity index (χ1v) is 10.2. The maximum Gasteiger partial charge on any atom is 0.406 e. The van der Waals surface area contributed by atoms with E-state index >= 15 is 0 Å². The number of hydrogen-bond donors (Lipinski definition) is 1. The average Bonchev–Trinajstić information content (AvgIpc) is 2.85. The number of halogens is 4. The predicted octanol–water partition coefficient (Wildman–Crippen LogP) is 4.35. The van der Waals surface area contributed by atoms with Crippen molar-refractivity contribution in [3.8, 4) is 0 Å². The molecule has 1 aromatic carbocycles. The van der Waals surface area contributed by atoms with E-state index in [0.29, 0.717) is 10.6 Å². The smallest absolute Gasteiger partial charge is 0.317 e. The summed E-state index contributed by atoms with van der Waals surface area (Å²) in [5, 5.41) is 12.6. The van der Waals surface area contributed by atoms with E-state index in [-0.39, 0.29) is 30.0 Å². The number of benzene rings is 1. The van der Waals surface area contributed by atoms with Crippen molar-refractivity contribution < 1.29 is 22.4 Å². The Labute approximate surface area is 178 Å². The van der Waals surface area contributed by atoms with Crippen LogP contribution < -0.4 is 10.2 Å². The van der Waals surface area contributed by atoms with Crippen LogP contribution in [0.5, 0.6) is 0 Å². The molecule has 0 aliphatic carbocycles. The number of nitrogens with zero attached hydrogens (tertiary/aromatic N) is 4. The maximum atomic E-state index is 14.3. The first-order valence-electron chi connectivity index (χ1n) is 10.2. The predicted molar refractivity (Wildman–Crippen MR) is 108 cm³/mol. The molecule has 0 saturated carbocycles. The Kier molecular flexibility index (Phi) is 7.12. The fourth-order valence-corrected chi connectivity index (χ4v) is 3.65. The van der Waals surface area contributed by atoms with Crippen LogP contribution in [0.3, 0.4) is 0 Å². The molecule has 10 heteroatoms. The van der Waals surface area contributed by atoms with Gasteiger partial charge in [-0.1, -0.05) is 30.9 Å². The molecule has 0 radical (unpaired) electrons. The fraction of sp³-hybridized carbons (Fsp3) is 0.524. The van der Waals surface area contributed by atoms with Gasteiger partial charge in [-0.2, -0.15) is 13.2 Å². The topological polar surface area (TPSA) is 60.3 Å². The van der Waals surface area contributed by atoms with Crippen molar-refractivity contribution in [2.45, 2.75) is 45.3 Å². The van der Waals surface area contributed by atoms with E-state index in [0.717, 1.165) is 19.5 Å². The lowest BCUT2D eigenvalue weighted by Gasteiger charge is -2.30. The summed E-state index contributed by atoms with van der Waals surface area (Å²) in [5.41, 5.74) is 3.63. The number of nitrogens with one attached hydrogen (secondary N) is 1. The second kappa shape index (κ2) is 9.62. The van der Waals surface area contributed by atoms with Crippen LogP contribution in [0.4, 0.5) is 23.2 Å². The molecule has 2 aliphatic heterocycles. The molecule has 0 bridgehead atoms. The molecule has 3 rings (SSSR count). The van der Waals surface area contributed by atoms with Crippen LogP contribution >= 0.6 is 0 Å². The minimum atomic E-state index is -4.64. The molecule has 1 aromatic rings. The van der Waals surface area contributed by atoms with E-state index < -0.39 is 30.5 Å². The third-order valence-corrected chi connectivity index (χ3v) is 5.33. The number of alkyl halides is 3. The van der Waals surface area contributed by atoms with Gasteiger partial charge in [0.05, 0.1) is 11.9 Å². The average molecular weight is 439 g/mol. The van der Waals surface area contributed by atoms with Crippen LogP contribution in [0.2, 0.25) is 0 Å². The van der Waals surface area contributed by atoms with Crippen LogP contribution in [0.25, 0.3) is 0 Å². The highest BCUT2D eigenvalue weighted by Crippen LogP contribution is 2.33. The van der Waals surface area contributed by atoms with Crippen molar-refractivity contribution in [2.24, 2.45) is 16.3 Å². The summed E-state index contributed by atoms with van der Waals surface area (Å²) >= 11 is 0. The molecule has 0 aromatic heterocycles. The fourth-order valence-electron chi connectivity index (χ4n) is 3.65. The zero-order valence-corrected chi connectivity index (χ0v) is 17.4. The number of allylic oxidation sites excluding steroid dienone is 1. The third kappa shape index (κ3) is 5.51. The highest BCUT2D eigenvalue weighted by Gasteiger charge is 2.41. The molecular formula is C21H25F4N5O. The summed E-state index contributed by atoms with van der Waals surface area (Å²) < 4.78 is 53.9. The Bertz CT molecular complexity index is 908. The quantitative estimate of drug-likeness (QED) is 0.390. The molecule has 168 valence electrons. The molecule has 6 nitrogen and oxygen atoms in total. The first kappa shape index (κ1) is 23.0. The summed E-state index contributed by atoms with van der Waals surface area (Å²) in [6.07, 6.45) is -2.18. The number of amides is 1. The van der Waals surface area contributed by atoms with Gasteiger partial charge in [0.1, 0.15) is 24.1 Å². The van der Waals surface area contributed by atoms with Crippen LogP contribution in [0.1, 0.15) is 32.3 Å². The molecule has 2 unspecified atom stereocenters. The standard InChI is InChI=1S/C21H25F4N5O/c1-3-26-11-9-14(2)17-10-12-30(28-27-17)19-8-7-15-16(22)5-4-6-18(15)29(20(19)31)13-21(23,24)25/h4-6,12,14,19,26H,3,7-9,11,13H2,1-2H3. The zero-order valence-electron chi connectivity index (χ0n) is 17.4. The number of carbonyl (C=O) groups is 1. The van der Waals surface area contributed by atoms with E-state index in [1.54, 1.807) is 0 Å². The van der Waals surface area contributed by atoms with Gasteiger partial charge < -0.3 is 10.2 Å². The molecule has 0 fully saturated rings. The van der Waals surface area contributed by atoms with E-state index in [9.17, 15) is 22.4 Å². The molecule has 31 heavy (non-hydrogen) atoms. The normalized spacial score (nSPS) is 19.9. The van der Waals surface area contributed by atoms with Crippen molar-refractivity contribution in [2.75, 3.05) is 24.5 Å². The van der Waals surface area contributed by atoms with Gasteiger partial charge in [0.2, 0.25) is 0 Å². The van der Waals surface area contributed by atoms with Gasteiger partial charge in [0.15, 0.2) is 0 Å². The van der Waals surface area contributed by atoms with Gasteiger partial charge in [-0.25, -0.2) is 9.40 Å². The minimum absolute atomic E-state index is 0.0592. The molecule has 2 heterocycles. The van der Waals surface area contributed by atoms with E-state index in [1.807, 2.05) is 13.8 Å². The Balaban J connectivity index is 1.85.